The maximum atomic E-state index is 12.0. The first-order valence-corrected chi connectivity index (χ1v) is 8.62. The molecule has 1 unspecified atom stereocenters. The van der Waals surface area contributed by atoms with E-state index in [2.05, 4.69) is 29.2 Å². The predicted molar refractivity (Wildman–Crippen MR) is 103 cm³/mol. The van der Waals surface area contributed by atoms with E-state index >= 15 is 0 Å². The van der Waals surface area contributed by atoms with Crippen molar-refractivity contribution in [2.24, 2.45) is 0 Å². The molecule has 0 aliphatic carbocycles. The van der Waals surface area contributed by atoms with Crippen molar-refractivity contribution in [1.29, 1.82) is 0 Å². The highest BCUT2D eigenvalue weighted by Gasteiger charge is 2.28. The van der Waals surface area contributed by atoms with Gasteiger partial charge in [0.1, 0.15) is 11.8 Å². The zero-order valence-corrected chi connectivity index (χ0v) is 16.2. The fourth-order valence-corrected chi connectivity index (χ4v) is 3.12. The number of ether oxygens (including phenoxy) is 1. The number of benzene rings is 2. The van der Waals surface area contributed by atoms with Crippen LogP contribution in [0.5, 0.6) is 5.75 Å². The van der Waals surface area contributed by atoms with E-state index in [9.17, 15) is 9.90 Å². The van der Waals surface area contributed by atoms with Crippen LogP contribution in [0, 0.1) is 6.92 Å². The summed E-state index contributed by atoms with van der Waals surface area (Å²) in [7, 11) is 7.47. The number of rotatable bonds is 8. The van der Waals surface area contributed by atoms with Crippen LogP contribution in [0.15, 0.2) is 42.5 Å². The van der Waals surface area contributed by atoms with E-state index in [0.717, 1.165) is 17.7 Å². The number of carboxylic acid groups (broad SMARTS) is 1. The van der Waals surface area contributed by atoms with Gasteiger partial charge in [0.2, 0.25) is 0 Å². The third-order valence-electron chi connectivity index (χ3n) is 4.31. The van der Waals surface area contributed by atoms with E-state index in [1.807, 2.05) is 51.2 Å². The summed E-state index contributed by atoms with van der Waals surface area (Å²) in [6.45, 7) is 3.37. The summed E-state index contributed by atoms with van der Waals surface area (Å²) in [6.07, 6.45) is 0. The van der Waals surface area contributed by atoms with Crippen molar-refractivity contribution in [3.05, 3.63) is 64.7 Å². The summed E-state index contributed by atoms with van der Waals surface area (Å²) in [5.74, 6) is -0.295. The molecule has 1 N–H and O–H groups in total. The van der Waals surface area contributed by atoms with Crippen molar-refractivity contribution in [2.45, 2.75) is 26.1 Å². The average molecular weight is 356 g/mol. The molecule has 2 rings (SSSR count). The number of carbonyl (C=O) groups is 1. The highest BCUT2D eigenvalue weighted by atomic mass is 16.5. The van der Waals surface area contributed by atoms with Crippen molar-refractivity contribution in [2.75, 3.05) is 28.3 Å². The number of hydrogen-bond donors (Lipinski definition) is 1. The molecule has 5 heteroatoms. The Bertz CT molecular complexity index is 741. The maximum Gasteiger partial charge on any atom is 0.325 e. The molecule has 2 aromatic rings. The Hall–Kier alpha value is -2.37. The SMILES string of the molecule is COc1ccc(C)cc1C(C(=O)O)N(C)Cc1ccc(CN(C)C)cc1. The molecule has 5 nitrogen and oxygen atoms in total. The minimum atomic E-state index is -0.888. The molecular formula is C21H28N2O3. The largest absolute Gasteiger partial charge is 0.496 e. The van der Waals surface area contributed by atoms with E-state index in [1.165, 1.54) is 5.56 Å². The fourth-order valence-electron chi connectivity index (χ4n) is 3.12. The summed E-state index contributed by atoms with van der Waals surface area (Å²) in [6, 6.07) is 13.2. The van der Waals surface area contributed by atoms with Crippen LogP contribution in [0.2, 0.25) is 0 Å². The van der Waals surface area contributed by atoms with Gasteiger partial charge in [0.05, 0.1) is 7.11 Å². The lowest BCUT2D eigenvalue weighted by Crippen LogP contribution is -2.31. The molecule has 0 heterocycles. The molecule has 140 valence electrons. The molecule has 0 aromatic heterocycles. The van der Waals surface area contributed by atoms with Crippen LogP contribution >= 0.6 is 0 Å². The summed E-state index contributed by atoms with van der Waals surface area (Å²) in [5, 5.41) is 9.83. The molecular weight excluding hydrogens is 328 g/mol. The van der Waals surface area contributed by atoms with Crippen molar-refractivity contribution in [3.63, 3.8) is 0 Å². The second kappa shape index (κ2) is 8.83. The first-order valence-electron chi connectivity index (χ1n) is 8.62. The highest BCUT2D eigenvalue weighted by molar-refractivity contribution is 5.76. The zero-order chi connectivity index (χ0) is 19.3. The molecule has 0 aliphatic rings. The van der Waals surface area contributed by atoms with Gasteiger partial charge >= 0.3 is 5.97 Å². The quantitative estimate of drug-likeness (QED) is 0.786. The maximum absolute atomic E-state index is 12.0. The number of aliphatic carboxylic acids is 1. The van der Waals surface area contributed by atoms with E-state index in [0.29, 0.717) is 17.9 Å². The minimum Gasteiger partial charge on any atom is -0.496 e. The van der Waals surface area contributed by atoms with E-state index < -0.39 is 12.0 Å². The Kier molecular flexibility index (Phi) is 6.77. The fraction of sp³-hybridized carbons (Fsp3) is 0.381. The van der Waals surface area contributed by atoms with Crippen LogP contribution in [0.25, 0.3) is 0 Å². The number of likely N-dealkylation sites (N-methyl/N-ethyl adjacent to an activating group) is 1. The number of carboxylic acids is 1. The lowest BCUT2D eigenvalue weighted by atomic mass is 10.0. The Balaban J connectivity index is 2.23. The van der Waals surface area contributed by atoms with E-state index in [1.54, 1.807) is 7.11 Å². The van der Waals surface area contributed by atoms with Crippen LogP contribution < -0.4 is 4.74 Å². The third-order valence-corrected chi connectivity index (χ3v) is 4.31. The van der Waals surface area contributed by atoms with Gasteiger partial charge in [-0.15, -0.1) is 0 Å². The van der Waals surface area contributed by atoms with Crippen LogP contribution in [0.4, 0.5) is 0 Å². The Labute approximate surface area is 155 Å². The first kappa shape index (κ1) is 19.9. The van der Waals surface area contributed by atoms with Gasteiger partial charge in [-0.05, 0) is 45.3 Å². The van der Waals surface area contributed by atoms with E-state index in [4.69, 9.17) is 4.74 Å². The summed E-state index contributed by atoms with van der Waals surface area (Å²) < 4.78 is 5.39. The summed E-state index contributed by atoms with van der Waals surface area (Å²) in [4.78, 5) is 15.9. The minimum absolute atomic E-state index is 0.538. The monoisotopic (exact) mass is 356 g/mol. The number of aryl methyl sites for hydroxylation is 1. The Morgan fingerprint density at radius 2 is 1.62 bits per heavy atom. The van der Waals surface area contributed by atoms with Crippen LogP contribution in [0.1, 0.15) is 28.3 Å². The van der Waals surface area contributed by atoms with Gasteiger partial charge in [-0.1, -0.05) is 42.0 Å². The second-order valence-electron chi connectivity index (χ2n) is 6.96. The van der Waals surface area contributed by atoms with Gasteiger partial charge in [0.15, 0.2) is 0 Å². The predicted octanol–water partition coefficient (Wildman–Crippen LogP) is 3.32. The number of hydrogen-bond acceptors (Lipinski definition) is 4. The zero-order valence-electron chi connectivity index (χ0n) is 16.2. The molecule has 0 radical (unpaired) electrons. The third kappa shape index (κ3) is 5.07. The Morgan fingerprint density at radius 3 is 2.12 bits per heavy atom. The molecule has 2 aromatic carbocycles. The van der Waals surface area contributed by atoms with Crippen LogP contribution in [0.3, 0.4) is 0 Å². The highest BCUT2D eigenvalue weighted by Crippen LogP contribution is 2.31. The normalized spacial score (nSPS) is 12.4. The lowest BCUT2D eigenvalue weighted by molar-refractivity contribution is -0.143. The van der Waals surface area contributed by atoms with Gasteiger partial charge in [0.25, 0.3) is 0 Å². The van der Waals surface area contributed by atoms with Crippen LogP contribution in [-0.4, -0.2) is 49.1 Å². The van der Waals surface area contributed by atoms with Crippen LogP contribution in [-0.2, 0) is 17.9 Å². The van der Waals surface area contributed by atoms with Crippen molar-refractivity contribution < 1.29 is 14.6 Å². The van der Waals surface area contributed by atoms with E-state index in [-0.39, 0.29) is 0 Å². The molecule has 0 saturated heterocycles. The molecule has 26 heavy (non-hydrogen) atoms. The van der Waals surface area contributed by atoms with Gasteiger partial charge in [0, 0.05) is 18.7 Å². The first-order chi connectivity index (χ1) is 12.3. The lowest BCUT2D eigenvalue weighted by Gasteiger charge is -2.26. The molecule has 1 atom stereocenters. The van der Waals surface area contributed by atoms with Gasteiger partial charge in [-0.2, -0.15) is 0 Å². The number of methoxy groups -OCH3 is 1. The topological polar surface area (TPSA) is 53.0 Å². The Morgan fingerprint density at radius 1 is 1.04 bits per heavy atom. The molecule has 0 saturated carbocycles. The van der Waals surface area contributed by atoms with Gasteiger partial charge in [-0.25, -0.2) is 0 Å². The summed E-state index contributed by atoms with van der Waals surface area (Å²) >= 11 is 0. The second-order valence-corrected chi connectivity index (χ2v) is 6.96. The van der Waals surface area contributed by atoms with Crippen molar-refractivity contribution >= 4 is 5.97 Å². The van der Waals surface area contributed by atoms with Gasteiger partial charge < -0.3 is 14.7 Å². The molecule has 0 bridgehead atoms. The van der Waals surface area contributed by atoms with Crippen molar-refractivity contribution in [1.82, 2.24) is 9.80 Å². The smallest absolute Gasteiger partial charge is 0.325 e. The van der Waals surface area contributed by atoms with Crippen molar-refractivity contribution in [3.8, 4) is 5.75 Å². The number of nitrogens with zero attached hydrogens (tertiary/aromatic N) is 2. The molecule has 0 aliphatic heterocycles. The summed E-state index contributed by atoms with van der Waals surface area (Å²) in [5.41, 5.74) is 3.99. The molecule has 0 fully saturated rings. The molecule has 0 amide bonds. The standard InChI is InChI=1S/C21H28N2O3/c1-15-6-11-19(26-5)18(12-15)20(21(24)25)23(4)14-17-9-7-16(8-10-17)13-22(2)3/h6-12,20H,13-14H2,1-5H3,(H,24,25). The molecule has 0 spiro atoms. The average Bonchev–Trinajstić information content (AvgIpc) is 2.56. The van der Waals surface area contributed by atoms with Gasteiger partial charge in [-0.3, -0.25) is 9.69 Å².